The van der Waals surface area contributed by atoms with E-state index in [0.29, 0.717) is 5.82 Å². The molecule has 0 atom stereocenters. The van der Waals surface area contributed by atoms with E-state index in [9.17, 15) is 0 Å². The minimum absolute atomic E-state index is 0.591. The van der Waals surface area contributed by atoms with Crippen molar-refractivity contribution in [1.82, 2.24) is 14.8 Å². The third-order valence-electron chi connectivity index (χ3n) is 2.19. The minimum atomic E-state index is 0.591. The van der Waals surface area contributed by atoms with Crippen molar-refractivity contribution in [2.24, 2.45) is 0 Å². The van der Waals surface area contributed by atoms with E-state index in [-0.39, 0.29) is 0 Å². The smallest absolute Gasteiger partial charge is 0.123 e. The Kier molecular flexibility index (Phi) is 4.52. The standard InChI is InChI=1S/C11H20N4/c1-14(2)7-8-15(3)9-10-5-4-6-11(12)13-10/h4-6H,7-9H2,1-3H3,(H2,12,13). The Balaban J connectivity index is 2.40. The molecule has 15 heavy (non-hydrogen) atoms. The summed E-state index contributed by atoms with van der Waals surface area (Å²) in [6.45, 7) is 2.93. The van der Waals surface area contributed by atoms with Crippen molar-refractivity contribution >= 4 is 5.82 Å². The molecule has 1 aromatic rings. The zero-order valence-electron chi connectivity index (χ0n) is 9.77. The van der Waals surface area contributed by atoms with Crippen LogP contribution in [0.3, 0.4) is 0 Å². The monoisotopic (exact) mass is 208 g/mol. The fourth-order valence-corrected chi connectivity index (χ4v) is 1.31. The van der Waals surface area contributed by atoms with Crippen molar-refractivity contribution in [2.45, 2.75) is 6.54 Å². The lowest BCUT2D eigenvalue weighted by Crippen LogP contribution is -2.28. The molecule has 2 N–H and O–H groups in total. The molecule has 4 nitrogen and oxygen atoms in total. The van der Waals surface area contributed by atoms with Gasteiger partial charge in [0.2, 0.25) is 0 Å². The highest BCUT2D eigenvalue weighted by atomic mass is 15.2. The molecule has 0 aliphatic heterocycles. The van der Waals surface area contributed by atoms with Crippen LogP contribution in [0.4, 0.5) is 5.82 Å². The molecule has 0 spiro atoms. The van der Waals surface area contributed by atoms with E-state index < -0.39 is 0 Å². The maximum absolute atomic E-state index is 5.62. The van der Waals surface area contributed by atoms with Gasteiger partial charge < -0.3 is 10.6 Å². The van der Waals surface area contributed by atoms with Gasteiger partial charge in [0.15, 0.2) is 0 Å². The SMILES string of the molecule is CN(C)CCN(C)Cc1cccc(N)n1. The van der Waals surface area contributed by atoms with Gasteiger partial charge in [0.1, 0.15) is 5.82 Å². The Morgan fingerprint density at radius 1 is 1.20 bits per heavy atom. The summed E-state index contributed by atoms with van der Waals surface area (Å²) in [5.74, 6) is 0.591. The summed E-state index contributed by atoms with van der Waals surface area (Å²) in [5.41, 5.74) is 6.64. The highest BCUT2D eigenvalue weighted by molar-refractivity contribution is 5.28. The molecule has 0 radical (unpaired) electrons. The van der Waals surface area contributed by atoms with Crippen LogP contribution in [0.5, 0.6) is 0 Å². The molecule has 1 aromatic heterocycles. The van der Waals surface area contributed by atoms with Crippen molar-refractivity contribution in [3.8, 4) is 0 Å². The zero-order chi connectivity index (χ0) is 11.3. The summed E-state index contributed by atoms with van der Waals surface area (Å²) in [7, 11) is 6.24. The molecule has 0 aliphatic carbocycles. The first-order chi connectivity index (χ1) is 7.08. The van der Waals surface area contributed by atoms with Crippen LogP contribution in [0.25, 0.3) is 0 Å². The van der Waals surface area contributed by atoms with E-state index in [1.165, 1.54) is 0 Å². The van der Waals surface area contributed by atoms with E-state index in [1.54, 1.807) is 0 Å². The fourth-order valence-electron chi connectivity index (χ4n) is 1.31. The molecule has 0 amide bonds. The van der Waals surface area contributed by atoms with Crippen LogP contribution < -0.4 is 5.73 Å². The van der Waals surface area contributed by atoms with Gasteiger partial charge in [0, 0.05) is 19.6 Å². The van der Waals surface area contributed by atoms with Crippen LogP contribution in [0.15, 0.2) is 18.2 Å². The molecule has 0 saturated heterocycles. The normalized spacial score (nSPS) is 11.3. The van der Waals surface area contributed by atoms with Crippen LogP contribution >= 0.6 is 0 Å². The highest BCUT2D eigenvalue weighted by Gasteiger charge is 2.02. The second-order valence-electron chi connectivity index (χ2n) is 4.09. The van der Waals surface area contributed by atoms with Crippen molar-refractivity contribution < 1.29 is 0 Å². The molecule has 0 unspecified atom stereocenters. The molecular weight excluding hydrogens is 188 g/mol. The summed E-state index contributed by atoms with van der Waals surface area (Å²) in [4.78, 5) is 8.67. The Bertz CT molecular complexity index is 298. The van der Waals surface area contributed by atoms with Crippen LogP contribution in [-0.4, -0.2) is 49.0 Å². The number of likely N-dealkylation sites (N-methyl/N-ethyl adjacent to an activating group) is 2. The van der Waals surface area contributed by atoms with Gasteiger partial charge in [-0.1, -0.05) is 6.07 Å². The van der Waals surface area contributed by atoms with Gasteiger partial charge in [-0.2, -0.15) is 0 Å². The Hall–Kier alpha value is -1.13. The number of pyridine rings is 1. The topological polar surface area (TPSA) is 45.4 Å². The summed E-state index contributed by atoms with van der Waals surface area (Å²) in [6, 6.07) is 5.75. The first-order valence-electron chi connectivity index (χ1n) is 5.12. The van der Waals surface area contributed by atoms with Crippen molar-refractivity contribution in [3.63, 3.8) is 0 Å². The predicted octanol–water partition coefficient (Wildman–Crippen LogP) is 0.657. The number of rotatable bonds is 5. The second-order valence-corrected chi connectivity index (χ2v) is 4.09. The first kappa shape index (κ1) is 11.9. The lowest BCUT2D eigenvalue weighted by atomic mass is 10.3. The molecule has 84 valence electrons. The Labute approximate surface area is 91.7 Å². The van der Waals surface area contributed by atoms with Crippen LogP contribution in [-0.2, 0) is 6.54 Å². The number of nitrogens with zero attached hydrogens (tertiary/aromatic N) is 3. The number of hydrogen-bond donors (Lipinski definition) is 1. The van der Waals surface area contributed by atoms with Gasteiger partial charge in [0.25, 0.3) is 0 Å². The van der Waals surface area contributed by atoms with Crippen LogP contribution in [0.2, 0.25) is 0 Å². The molecule has 0 aliphatic rings. The third-order valence-corrected chi connectivity index (χ3v) is 2.19. The second kappa shape index (κ2) is 5.68. The van der Waals surface area contributed by atoms with Crippen LogP contribution in [0, 0.1) is 0 Å². The van der Waals surface area contributed by atoms with Gasteiger partial charge in [-0.3, -0.25) is 4.90 Å². The van der Waals surface area contributed by atoms with E-state index in [1.807, 2.05) is 18.2 Å². The number of hydrogen-bond acceptors (Lipinski definition) is 4. The quantitative estimate of drug-likeness (QED) is 0.772. The molecule has 4 heteroatoms. The molecule has 0 fully saturated rings. The lowest BCUT2D eigenvalue weighted by Gasteiger charge is -2.18. The molecule has 0 bridgehead atoms. The van der Waals surface area contributed by atoms with E-state index in [2.05, 4.69) is 35.9 Å². The molecule has 0 saturated carbocycles. The predicted molar refractivity (Wildman–Crippen MR) is 63.5 cm³/mol. The minimum Gasteiger partial charge on any atom is -0.384 e. The van der Waals surface area contributed by atoms with Gasteiger partial charge in [0.05, 0.1) is 5.69 Å². The molecule has 1 rings (SSSR count). The van der Waals surface area contributed by atoms with Crippen molar-refractivity contribution in [3.05, 3.63) is 23.9 Å². The van der Waals surface area contributed by atoms with E-state index in [0.717, 1.165) is 25.3 Å². The summed E-state index contributed by atoms with van der Waals surface area (Å²) >= 11 is 0. The number of anilines is 1. The fraction of sp³-hybridized carbons (Fsp3) is 0.545. The number of nitrogens with two attached hydrogens (primary N) is 1. The van der Waals surface area contributed by atoms with E-state index in [4.69, 9.17) is 5.73 Å². The average molecular weight is 208 g/mol. The number of aromatic nitrogens is 1. The van der Waals surface area contributed by atoms with Crippen molar-refractivity contribution in [1.29, 1.82) is 0 Å². The average Bonchev–Trinajstić information content (AvgIpc) is 2.15. The number of nitrogen functional groups attached to an aromatic ring is 1. The Morgan fingerprint density at radius 2 is 1.93 bits per heavy atom. The molecule has 0 aromatic carbocycles. The summed E-state index contributed by atoms with van der Waals surface area (Å²) in [6.07, 6.45) is 0. The van der Waals surface area contributed by atoms with Gasteiger partial charge in [-0.05, 0) is 33.3 Å². The summed E-state index contributed by atoms with van der Waals surface area (Å²) < 4.78 is 0. The zero-order valence-corrected chi connectivity index (χ0v) is 9.77. The maximum Gasteiger partial charge on any atom is 0.123 e. The van der Waals surface area contributed by atoms with Crippen LogP contribution in [0.1, 0.15) is 5.69 Å². The van der Waals surface area contributed by atoms with Crippen molar-refractivity contribution in [2.75, 3.05) is 40.0 Å². The maximum atomic E-state index is 5.62. The highest BCUT2D eigenvalue weighted by Crippen LogP contribution is 2.03. The van der Waals surface area contributed by atoms with E-state index >= 15 is 0 Å². The van der Waals surface area contributed by atoms with Gasteiger partial charge >= 0.3 is 0 Å². The first-order valence-corrected chi connectivity index (χ1v) is 5.12. The summed E-state index contributed by atoms with van der Waals surface area (Å²) in [5, 5.41) is 0. The largest absolute Gasteiger partial charge is 0.384 e. The lowest BCUT2D eigenvalue weighted by molar-refractivity contribution is 0.274. The van der Waals surface area contributed by atoms with Gasteiger partial charge in [-0.25, -0.2) is 4.98 Å². The molecular formula is C11H20N4. The molecule has 1 heterocycles. The third kappa shape index (κ3) is 4.76. The van der Waals surface area contributed by atoms with Gasteiger partial charge in [-0.15, -0.1) is 0 Å². The Morgan fingerprint density at radius 3 is 2.53 bits per heavy atom.